The largest absolute Gasteiger partial charge is 0.478 e. The first-order valence-electron chi connectivity index (χ1n) is 18.2. The van der Waals surface area contributed by atoms with E-state index in [1.54, 1.807) is 30.3 Å². The summed E-state index contributed by atoms with van der Waals surface area (Å²) in [7, 11) is 6.44. The van der Waals surface area contributed by atoms with Crippen LogP contribution in [0.15, 0.2) is 66.7 Å². The Bertz CT molecular complexity index is 2130. The number of anilines is 1. The zero-order valence-electron chi connectivity index (χ0n) is 31.3. The van der Waals surface area contributed by atoms with E-state index in [-0.39, 0.29) is 23.7 Å². The van der Waals surface area contributed by atoms with Gasteiger partial charge in [0.15, 0.2) is 5.82 Å². The van der Waals surface area contributed by atoms with Crippen molar-refractivity contribution in [2.45, 2.75) is 76.6 Å². The average Bonchev–Trinajstić information content (AvgIpc) is 3.51. The highest BCUT2D eigenvalue weighted by Crippen LogP contribution is 2.33. The number of fused-ring (bicyclic) bond motifs is 3. The fourth-order valence-corrected chi connectivity index (χ4v) is 6.58. The van der Waals surface area contributed by atoms with Gasteiger partial charge in [0.25, 0.3) is 0 Å². The molecule has 15 nitrogen and oxygen atoms in total. The van der Waals surface area contributed by atoms with Crippen LogP contribution in [-0.2, 0) is 35.6 Å². The molecule has 1 fully saturated rings. The number of aliphatic hydroxyl groups excluding tert-OH is 4. The summed E-state index contributed by atoms with van der Waals surface area (Å²) in [5, 5.41) is 53.0. The number of aromatic carboxylic acids is 1. The zero-order chi connectivity index (χ0) is 39.4. The lowest BCUT2D eigenvalue weighted by Crippen LogP contribution is -2.60. The summed E-state index contributed by atoms with van der Waals surface area (Å²) >= 11 is 0. The Labute approximate surface area is 317 Å². The maximum atomic E-state index is 13.3. The highest BCUT2D eigenvalue weighted by atomic mass is 16.7. The van der Waals surface area contributed by atoms with Crippen LogP contribution in [0.3, 0.4) is 0 Å². The highest BCUT2D eigenvalue weighted by molar-refractivity contribution is 6.10. The normalized spacial score (nSPS) is 20.1. The number of amides is 1. The van der Waals surface area contributed by atoms with Crippen molar-refractivity contribution in [2.24, 2.45) is 0 Å². The van der Waals surface area contributed by atoms with Gasteiger partial charge in [0.2, 0.25) is 6.29 Å². The smallest absolute Gasteiger partial charge is 0.413 e. The number of hydrogen-bond donors (Lipinski definition) is 6. The van der Waals surface area contributed by atoms with Crippen LogP contribution < -0.4 is 10.1 Å². The number of pyridine rings is 1. The van der Waals surface area contributed by atoms with Crippen molar-refractivity contribution in [3.8, 4) is 5.75 Å². The van der Waals surface area contributed by atoms with Gasteiger partial charge in [0.05, 0.1) is 44.3 Å². The molecule has 292 valence electrons. The number of rotatable bonds is 14. The first kappa shape index (κ1) is 39.5. The lowest BCUT2D eigenvalue weighted by atomic mass is 9.99. The molecule has 1 aliphatic heterocycles. The van der Waals surface area contributed by atoms with Crippen molar-refractivity contribution in [3.63, 3.8) is 0 Å². The van der Waals surface area contributed by atoms with Crippen molar-refractivity contribution < 1.29 is 53.8 Å². The third-order valence-corrected chi connectivity index (χ3v) is 9.39. The molecule has 5 atom stereocenters. The number of carboxylic acids is 1. The highest BCUT2D eigenvalue weighted by Gasteiger charge is 2.44. The number of aliphatic hydroxyl groups is 4. The molecule has 5 aromatic rings. The number of carboxylic acid groups (broad SMARTS) is 1. The molecular formula is C40H48N5O10+. The van der Waals surface area contributed by atoms with Gasteiger partial charge in [-0.3, -0.25) is 5.32 Å². The summed E-state index contributed by atoms with van der Waals surface area (Å²) in [4.78, 5) is 34.9. The fourth-order valence-electron chi connectivity index (χ4n) is 6.58. The standard InChI is InChI=1S/C40H47N5O10/c1-5-6-7-31-42-32-33(44(31)19-23-8-10-24(11-9-23)20-45(2,3)4)28-17-14-26(38(50)51)18-29(28)41-37(32)43-40(52)53-22-25-12-15-27(16-13-25)54-39-36(49)35(48)34(47)30(21-46)55-39/h8-18,30,34-36,39,46-49H,5-7,19-22H2,1-4H3,(H-,41,43,50,51,52)/p+1. The molecule has 5 unspecified atom stereocenters. The first-order valence-corrected chi connectivity index (χ1v) is 18.2. The van der Waals surface area contributed by atoms with E-state index in [1.807, 2.05) is 0 Å². The van der Waals surface area contributed by atoms with Gasteiger partial charge in [-0.15, -0.1) is 0 Å². The van der Waals surface area contributed by atoms with Crippen molar-refractivity contribution in [1.82, 2.24) is 14.5 Å². The van der Waals surface area contributed by atoms with E-state index < -0.39 is 49.4 Å². The maximum absolute atomic E-state index is 13.3. The maximum Gasteiger partial charge on any atom is 0.413 e. The Hall–Kier alpha value is -5.16. The van der Waals surface area contributed by atoms with Crippen molar-refractivity contribution in [2.75, 3.05) is 33.1 Å². The quantitative estimate of drug-likeness (QED) is 0.0895. The molecule has 6 N–H and O–H groups in total. The SMILES string of the molecule is CCCCc1nc2c(NC(=O)OCc3ccc(OC4OC(CO)C(O)C(O)C4O)cc3)nc3cc(C(=O)O)ccc3c2n1Cc1ccc(C[N+](C)(C)C)cc1. The van der Waals surface area contributed by atoms with Gasteiger partial charge in [0.1, 0.15) is 54.7 Å². The summed E-state index contributed by atoms with van der Waals surface area (Å²) < 4.78 is 19.5. The molecule has 1 saturated heterocycles. The third-order valence-electron chi connectivity index (χ3n) is 9.39. The van der Waals surface area contributed by atoms with Crippen LogP contribution in [0.1, 0.15) is 52.6 Å². The van der Waals surface area contributed by atoms with Gasteiger partial charge in [-0.05, 0) is 47.9 Å². The van der Waals surface area contributed by atoms with E-state index >= 15 is 0 Å². The number of nitrogens with one attached hydrogen (secondary N) is 1. The molecule has 0 bridgehead atoms. The molecule has 55 heavy (non-hydrogen) atoms. The van der Waals surface area contributed by atoms with Crippen LogP contribution in [0.2, 0.25) is 0 Å². The summed E-state index contributed by atoms with van der Waals surface area (Å²) in [5.41, 5.74) is 4.47. The monoisotopic (exact) mass is 758 g/mol. The minimum absolute atomic E-state index is 0.0527. The Morgan fingerprint density at radius 3 is 2.25 bits per heavy atom. The van der Waals surface area contributed by atoms with Gasteiger partial charge in [-0.1, -0.05) is 49.7 Å². The predicted octanol–water partition coefficient (Wildman–Crippen LogP) is 3.81. The van der Waals surface area contributed by atoms with Gasteiger partial charge in [0, 0.05) is 23.9 Å². The zero-order valence-corrected chi connectivity index (χ0v) is 31.3. The van der Waals surface area contributed by atoms with Crippen molar-refractivity contribution in [3.05, 3.63) is 94.8 Å². The lowest BCUT2D eigenvalue weighted by molar-refractivity contribution is -0.884. The molecule has 2 aromatic heterocycles. The molecular weight excluding hydrogens is 710 g/mol. The topological polar surface area (TPSA) is 206 Å². The van der Waals surface area contributed by atoms with E-state index in [4.69, 9.17) is 19.2 Å². The van der Waals surface area contributed by atoms with Crippen LogP contribution >= 0.6 is 0 Å². The second kappa shape index (κ2) is 16.7. The minimum Gasteiger partial charge on any atom is -0.478 e. The molecule has 3 aromatic carbocycles. The lowest BCUT2D eigenvalue weighted by Gasteiger charge is -2.39. The summed E-state index contributed by atoms with van der Waals surface area (Å²) in [6.45, 7) is 2.77. The van der Waals surface area contributed by atoms with E-state index in [0.29, 0.717) is 40.5 Å². The number of imidazole rings is 1. The molecule has 6 rings (SSSR count). The number of benzene rings is 3. The van der Waals surface area contributed by atoms with Crippen LogP contribution in [0.4, 0.5) is 10.6 Å². The second-order valence-electron chi connectivity index (χ2n) is 14.8. The Morgan fingerprint density at radius 1 is 0.909 bits per heavy atom. The molecule has 1 amide bonds. The average molecular weight is 759 g/mol. The van der Waals surface area contributed by atoms with Crippen molar-refractivity contribution in [1.29, 1.82) is 0 Å². The van der Waals surface area contributed by atoms with Gasteiger partial charge < -0.3 is 48.8 Å². The number of aryl methyl sites for hydroxylation is 1. The van der Waals surface area contributed by atoms with E-state index in [1.165, 1.54) is 17.7 Å². The second-order valence-corrected chi connectivity index (χ2v) is 14.8. The number of ether oxygens (including phenoxy) is 3. The fraction of sp³-hybridized carbons (Fsp3) is 0.400. The summed E-state index contributed by atoms with van der Waals surface area (Å²) in [6, 6.07) is 19.6. The first-order chi connectivity index (χ1) is 26.2. The van der Waals surface area contributed by atoms with Crippen LogP contribution in [0.5, 0.6) is 5.75 Å². The van der Waals surface area contributed by atoms with E-state index in [0.717, 1.165) is 35.3 Å². The molecule has 1 aliphatic rings. The number of unbranched alkanes of at least 4 members (excludes halogenated alkanes) is 1. The molecule has 0 spiro atoms. The number of quaternary nitrogens is 1. The van der Waals surface area contributed by atoms with Gasteiger partial charge in [-0.2, -0.15) is 0 Å². The number of hydrogen-bond acceptors (Lipinski definition) is 11. The molecule has 0 aliphatic carbocycles. The predicted molar refractivity (Wildman–Crippen MR) is 203 cm³/mol. The number of carbonyl (C=O) groups is 2. The Kier molecular flexibility index (Phi) is 12.0. The van der Waals surface area contributed by atoms with Crippen LogP contribution in [0.25, 0.3) is 21.9 Å². The Morgan fingerprint density at radius 2 is 1.60 bits per heavy atom. The molecule has 3 heterocycles. The van der Waals surface area contributed by atoms with Crippen LogP contribution in [0, 0.1) is 0 Å². The van der Waals surface area contributed by atoms with Gasteiger partial charge >= 0.3 is 12.1 Å². The van der Waals surface area contributed by atoms with E-state index in [9.17, 15) is 35.1 Å². The molecule has 0 radical (unpaired) electrons. The Balaban J connectivity index is 1.24. The number of nitrogens with zero attached hydrogens (tertiary/aromatic N) is 4. The number of aromatic nitrogens is 3. The molecule has 0 saturated carbocycles. The minimum atomic E-state index is -1.58. The van der Waals surface area contributed by atoms with Gasteiger partial charge in [-0.25, -0.2) is 19.6 Å². The van der Waals surface area contributed by atoms with Crippen molar-refractivity contribution >= 4 is 39.8 Å². The van der Waals surface area contributed by atoms with E-state index in [2.05, 4.69) is 67.2 Å². The van der Waals surface area contributed by atoms with Crippen LogP contribution in [-0.4, -0.2) is 115 Å². The number of carbonyl (C=O) groups excluding carboxylic acids is 1. The third kappa shape index (κ3) is 9.21. The summed E-state index contributed by atoms with van der Waals surface area (Å²) in [5.74, 6) is 0.100. The summed E-state index contributed by atoms with van der Waals surface area (Å²) in [6.07, 6.45) is -5.39. The molecule has 15 heteroatoms.